The molecule has 1 unspecified atom stereocenters. The minimum Gasteiger partial charge on any atom is -0.312 e. The number of carbonyl (C=O) groups excluding carboxylic acids is 1. The van der Waals surface area contributed by atoms with Gasteiger partial charge in [-0.3, -0.25) is 0 Å². The summed E-state index contributed by atoms with van der Waals surface area (Å²) < 4.78 is 0. The second-order valence-corrected chi connectivity index (χ2v) is 6.41. The second-order valence-electron chi connectivity index (χ2n) is 5.97. The van der Waals surface area contributed by atoms with Crippen molar-refractivity contribution in [1.29, 1.82) is 0 Å². The van der Waals surface area contributed by atoms with Crippen molar-refractivity contribution >= 4 is 23.3 Å². The van der Waals surface area contributed by atoms with Crippen molar-refractivity contribution in [3.8, 4) is 0 Å². The van der Waals surface area contributed by atoms with Gasteiger partial charge < -0.3 is 15.1 Å². The second kappa shape index (κ2) is 6.60. The molecule has 0 aliphatic carbocycles. The summed E-state index contributed by atoms with van der Waals surface area (Å²) >= 11 is 6.20. The van der Waals surface area contributed by atoms with E-state index in [1.54, 1.807) is 6.07 Å². The molecule has 1 aliphatic heterocycles. The Kier molecular flexibility index (Phi) is 4.55. The van der Waals surface area contributed by atoms with E-state index in [9.17, 15) is 4.79 Å². The lowest BCUT2D eigenvalue weighted by Gasteiger charge is -2.38. The molecule has 1 N–H and O–H groups in total. The molecule has 0 fully saturated rings. The Hall–Kier alpha value is -2.04. The molecule has 23 heavy (non-hydrogen) atoms. The number of benzene rings is 2. The Morgan fingerprint density at radius 1 is 1.17 bits per heavy atom. The number of anilines is 1. The van der Waals surface area contributed by atoms with Crippen LogP contribution in [0.3, 0.4) is 0 Å². The fraction of sp³-hybridized carbons (Fsp3) is 0.278. The smallest absolute Gasteiger partial charge is 0.312 e. The van der Waals surface area contributed by atoms with Crippen LogP contribution >= 0.6 is 11.6 Å². The van der Waals surface area contributed by atoms with Crippen molar-refractivity contribution in [2.75, 3.05) is 32.5 Å². The van der Waals surface area contributed by atoms with E-state index in [-0.39, 0.29) is 12.1 Å². The third kappa shape index (κ3) is 3.33. The van der Waals surface area contributed by atoms with Crippen LogP contribution in [0, 0.1) is 0 Å². The van der Waals surface area contributed by atoms with Gasteiger partial charge >= 0.3 is 6.03 Å². The number of nitrogens with zero attached hydrogens (tertiary/aromatic N) is 2. The Labute approximate surface area is 141 Å². The van der Waals surface area contributed by atoms with Crippen LogP contribution in [0.5, 0.6) is 0 Å². The fourth-order valence-corrected chi connectivity index (χ4v) is 3.06. The predicted octanol–water partition coefficient (Wildman–Crippen LogP) is 3.84. The third-order valence-corrected chi connectivity index (χ3v) is 4.26. The maximum absolute atomic E-state index is 12.6. The SMILES string of the molecule is CN(C)CCN1C(=O)Nc2ccc(Cl)cc2C1c1ccccc1. The van der Waals surface area contributed by atoms with Crippen LogP contribution in [0.4, 0.5) is 10.5 Å². The highest BCUT2D eigenvalue weighted by molar-refractivity contribution is 6.30. The number of amides is 2. The summed E-state index contributed by atoms with van der Waals surface area (Å²) in [5.41, 5.74) is 2.95. The van der Waals surface area contributed by atoms with E-state index in [1.165, 1.54) is 0 Å². The lowest BCUT2D eigenvalue weighted by atomic mass is 9.94. The summed E-state index contributed by atoms with van der Waals surface area (Å²) in [5, 5.41) is 3.64. The van der Waals surface area contributed by atoms with Crippen molar-refractivity contribution in [3.05, 3.63) is 64.7 Å². The minimum absolute atomic E-state index is 0.0736. The highest BCUT2D eigenvalue weighted by Crippen LogP contribution is 2.38. The zero-order chi connectivity index (χ0) is 16.4. The fourth-order valence-electron chi connectivity index (χ4n) is 2.88. The number of fused-ring (bicyclic) bond motifs is 1. The quantitative estimate of drug-likeness (QED) is 0.925. The first-order valence-corrected chi connectivity index (χ1v) is 8.01. The highest BCUT2D eigenvalue weighted by Gasteiger charge is 2.33. The van der Waals surface area contributed by atoms with Crippen LogP contribution in [-0.4, -0.2) is 43.0 Å². The molecule has 2 aromatic carbocycles. The summed E-state index contributed by atoms with van der Waals surface area (Å²) in [7, 11) is 4.01. The average Bonchev–Trinajstić information content (AvgIpc) is 2.53. The average molecular weight is 330 g/mol. The van der Waals surface area contributed by atoms with E-state index < -0.39 is 0 Å². The Balaban J connectivity index is 2.06. The van der Waals surface area contributed by atoms with Gasteiger partial charge in [0.25, 0.3) is 0 Å². The molecule has 1 heterocycles. The van der Waals surface area contributed by atoms with E-state index in [2.05, 4.69) is 22.3 Å². The number of urea groups is 1. The van der Waals surface area contributed by atoms with Gasteiger partial charge in [0.2, 0.25) is 0 Å². The third-order valence-electron chi connectivity index (χ3n) is 4.03. The van der Waals surface area contributed by atoms with Crippen LogP contribution in [-0.2, 0) is 0 Å². The number of hydrogen-bond donors (Lipinski definition) is 1. The van der Waals surface area contributed by atoms with E-state index in [0.717, 1.165) is 23.4 Å². The molecule has 0 saturated heterocycles. The van der Waals surface area contributed by atoms with Crippen LogP contribution in [0.1, 0.15) is 17.2 Å². The van der Waals surface area contributed by atoms with Crippen LogP contribution in [0.15, 0.2) is 48.5 Å². The molecule has 5 heteroatoms. The van der Waals surface area contributed by atoms with Crippen molar-refractivity contribution in [1.82, 2.24) is 9.80 Å². The number of carbonyl (C=O) groups is 1. The van der Waals surface area contributed by atoms with Gasteiger partial charge in [0.1, 0.15) is 0 Å². The summed E-state index contributed by atoms with van der Waals surface area (Å²) in [5.74, 6) is 0. The molecule has 0 aromatic heterocycles. The number of hydrogen-bond acceptors (Lipinski definition) is 2. The van der Waals surface area contributed by atoms with Crippen molar-refractivity contribution < 1.29 is 4.79 Å². The maximum atomic E-state index is 12.6. The molecular weight excluding hydrogens is 310 g/mol. The molecule has 120 valence electrons. The lowest BCUT2D eigenvalue weighted by molar-refractivity contribution is 0.187. The zero-order valence-corrected chi connectivity index (χ0v) is 14.0. The van der Waals surface area contributed by atoms with Gasteiger partial charge in [-0.2, -0.15) is 0 Å². The van der Waals surface area contributed by atoms with Crippen LogP contribution in [0.2, 0.25) is 5.02 Å². The van der Waals surface area contributed by atoms with Crippen molar-refractivity contribution in [3.63, 3.8) is 0 Å². The number of rotatable bonds is 4. The van der Waals surface area contributed by atoms with Crippen LogP contribution in [0.25, 0.3) is 0 Å². The first kappa shape index (κ1) is 15.8. The molecule has 3 rings (SSSR count). The first-order valence-electron chi connectivity index (χ1n) is 7.63. The maximum Gasteiger partial charge on any atom is 0.322 e. The zero-order valence-electron chi connectivity index (χ0n) is 13.3. The molecule has 0 saturated carbocycles. The predicted molar refractivity (Wildman–Crippen MR) is 94.0 cm³/mol. The molecule has 1 atom stereocenters. The minimum atomic E-state index is -0.126. The number of nitrogens with one attached hydrogen (secondary N) is 1. The summed E-state index contributed by atoms with van der Waals surface area (Å²) in [6, 6.07) is 15.5. The molecule has 2 amide bonds. The van der Waals surface area contributed by atoms with Gasteiger partial charge in [-0.05, 0) is 37.9 Å². The topological polar surface area (TPSA) is 35.6 Å². The molecule has 0 bridgehead atoms. The molecular formula is C18H20ClN3O. The van der Waals surface area contributed by atoms with E-state index in [0.29, 0.717) is 11.6 Å². The summed E-state index contributed by atoms with van der Waals surface area (Å²) in [4.78, 5) is 16.5. The van der Waals surface area contributed by atoms with E-state index >= 15 is 0 Å². The monoisotopic (exact) mass is 329 g/mol. The molecule has 2 aromatic rings. The van der Waals surface area contributed by atoms with Crippen LogP contribution < -0.4 is 5.32 Å². The standard InChI is InChI=1S/C18H20ClN3O/c1-21(2)10-11-22-17(13-6-4-3-5-7-13)15-12-14(19)8-9-16(15)20-18(22)23/h3-9,12,17H,10-11H2,1-2H3,(H,20,23). The normalized spacial score (nSPS) is 17.1. The van der Waals surface area contributed by atoms with Gasteiger partial charge in [-0.15, -0.1) is 0 Å². The summed E-state index contributed by atoms with van der Waals surface area (Å²) in [6.45, 7) is 1.44. The van der Waals surface area contributed by atoms with Gasteiger partial charge in [0, 0.05) is 29.4 Å². The van der Waals surface area contributed by atoms with Gasteiger partial charge in [0.15, 0.2) is 0 Å². The molecule has 4 nitrogen and oxygen atoms in total. The van der Waals surface area contributed by atoms with Crippen molar-refractivity contribution in [2.24, 2.45) is 0 Å². The Bertz CT molecular complexity index is 703. The highest BCUT2D eigenvalue weighted by atomic mass is 35.5. The number of likely N-dealkylation sites (N-methyl/N-ethyl adjacent to an activating group) is 1. The van der Waals surface area contributed by atoms with E-state index in [4.69, 9.17) is 11.6 Å². The molecule has 0 radical (unpaired) electrons. The molecule has 1 aliphatic rings. The van der Waals surface area contributed by atoms with Gasteiger partial charge in [0.05, 0.1) is 6.04 Å². The first-order chi connectivity index (χ1) is 11.1. The lowest BCUT2D eigenvalue weighted by Crippen LogP contribution is -2.45. The van der Waals surface area contributed by atoms with Gasteiger partial charge in [-0.25, -0.2) is 4.79 Å². The number of halogens is 1. The molecule has 0 spiro atoms. The summed E-state index contributed by atoms with van der Waals surface area (Å²) in [6.07, 6.45) is 0. The van der Waals surface area contributed by atoms with Crippen molar-refractivity contribution in [2.45, 2.75) is 6.04 Å². The Morgan fingerprint density at radius 3 is 2.61 bits per heavy atom. The largest absolute Gasteiger partial charge is 0.322 e. The van der Waals surface area contributed by atoms with Gasteiger partial charge in [-0.1, -0.05) is 41.9 Å². The Morgan fingerprint density at radius 2 is 1.91 bits per heavy atom. The van der Waals surface area contributed by atoms with E-state index in [1.807, 2.05) is 49.3 Å².